The van der Waals surface area contributed by atoms with Crippen LogP contribution in [0.15, 0.2) is 42.5 Å². The summed E-state index contributed by atoms with van der Waals surface area (Å²) in [5, 5.41) is 9.51. The van der Waals surface area contributed by atoms with Gasteiger partial charge in [0.25, 0.3) is 0 Å². The number of halogens is 2. The summed E-state index contributed by atoms with van der Waals surface area (Å²) in [6.45, 7) is 4.04. The van der Waals surface area contributed by atoms with Crippen molar-refractivity contribution in [1.29, 1.82) is 0 Å². The number of benzene rings is 2. The van der Waals surface area contributed by atoms with Gasteiger partial charge in [-0.2, -0.15) is 0 Å². The molecule has 2 aromatic carbocycles. The lowest BCUT2D eigenvalue weighted by atomic mass is 10.2. The van der Waals surface area contributed by atoms with Crippen LogP contribution in [0.5, 0.6) is 11.5 Å². The molecule has 0 aliphatic rings. The molecule has 1 N–H and O–H groups in total. The fourth-order valence-electron chi connectivity index (χ4n) is 2.14. The predicted octanol–water partition coefficient (Wildman–Crippen LogP) is 5.41. The van der Waals surface area contributed by atoms with Crippen LogP contribution in [0, 0.1) is 6.92 Å². The Labute approximate surface area is 175 Å². The van der Waals surface area contributed by atoms with E-state index in [0.717, 1.165) is 35.0 Å². The summed E-state index contributed by atoms with van der Waals surface area (Å²) in [7, 11) is 1.68. The zero-order chi connectivity index (χ0) is 19.9. The van der Waals surface area contributed by atoms with Gasteiger partial charge in [0, 0.05) is 38.1 Å². The van der Waals surface area contributed by atoms with Crippen LogP contribution < -0.4 is 9.47 Å². The van der Waals surface area contributed by atoms with Crippen molar-refractivity contribution in [1.82, 2.24) is 0 Å². The Balaban J connectivity index is 0.000000646. The molecule has 2 aromatic rings. The highest BCUT2D eigenvalue weighted by Gasteiger charge is 2.09. The van der Waals surface area contributed by atoms with Gasteiger partial charge in [0.15, 0.2) is 0 Å². The maximum Gasteiger partial charge on any atom is 0.141 e. The quantitative estimate of drug-likeness (QED) is 0.381. The van der Waals surface area contributed by atoms with Gasteiger partial charge in [0.2, 0.25) is 0 Å². The summed E-state index contributed by atoms with van der Waals surface area (Å²) in [6, 6.07) is 13.8. The largest absolute Gasteiger partial charge is 0.492 e. The van der Waals surface area contributed by atoms with Crippen molar-refractivity contribution in [2.45, 2.75) is 26.4 Å². The number of hydrogen-bond donors (Lipinski definition) is 1. The third-order valence-electron chi connectivity index (χ3n) is 3.48. The van der Waals surface area contributed by atoms with Gasteiger partial charge < -0.3 is 19.3 Å². The summed E-state index contributed by atoms with van der Waals surface area (Å²) in [5.41, 5.74) is 2.09. The zero-order valence-electron chi connectivity index (χ0n) is 15.9. The molecule has 0 radical (unpaired) electrons. The SMILES string of the molecule is COCCCOc1c(C)cc(OCc2ccccc2)cc1Cl.OCCCBr. The number of rotatable bonds is 10. The van der Waals surface area contributed by atoms with E-state index in [0.29, 0.717) is 37.2 Å². The Hall–Kier alpha value is -1.27. The van der Waals surface area contributed by atoms with Crippen LogP contribution in [-0.4, -0.2) is 37.4 Å². The molecule has 0 aliphatic heterocycles. The van der Waals surface area contributed by atoms with E-state index in [-0.39, 0.29) is 0 Å². The molecule has 0 saturated carbocycles. The minimum atomic E-state index is 0.297. The van der Waals surface area contributed by atoms with Crippen molar-refractivity contribution in [3.8, 4) is 11.5 Å². The third-order valence-corrected chi connectivity index (χ3v) is 4.32. The van der Waals surface area contributed by atoms with Gasteiger partial charge >= 0.3 is 0 Å². The first kappa shape index (κ1) is 23.8. The molecular formula is C21H28BrClO4. The lowest BCUT2D eigenvalue weighted by Crippen LogP contribution is -2.03. The topological polar surface area (TPSA) is 47.9 Å². The van der Waals surface area contributed by atoms with Crippen molar-refractivity contribution in [2.24, 2.45) is 0 Å². The van der Waals surface area contributed by atoms with Crippen molar-refractivity contribution in [3.63, 3.8) is 0 Å². The molecule has 6 heteroatoms. The van der Waals surface area contributed by atoms with Gasteiger partial charge in [-0.25, -0.2) is 0 Å². The Morgan fingerprint density at radius 2 is 1.78 bits per heavy atom. The monoisotopic (exact) mass is 458 g/mol. The van der Waals surface area contributed by atoms with E-state index in [1.54, 1.807) is 13.2 Å². The minimum Gasteiger partial charge on any atom is -0.492 e. The van der Waals surface area contributed by atoms with Crippen LogP contribution in [-0.2, 0) is 11.3 Å². The lowest BCUT2D eigenvalue weighted by molar-refractivity contribution is 0.172. The number of aliphatic hydroxyl groups excluding tert-OH is 1. The molecule has 0 aliphatic carbocycles. The van der Waals surface area contributed by atoms with Crippen LogP contribution in [0.2, 0.25) is 5.02 Å². The molecular weight excluding hydrogens is 432 g/mol. The van der Waals surface area contributed by atoms with Crippen molar-refractivity contribution in [3.05, 3.63) is 58.6 Å². The molecule has 0 amide bonds. The van der Waals surface area contributed by atoms with E-state index < -0.39 is 0 Å². The van der Waals surface area contributed by atoms with Gasteiger partial charge in [-0.15, -0.1) is 0 Å². The first-order chi connectivity index (χ1) is 13.1. The second-order valence-corrected chi connectivity index (χ2v) is 6.99. The van der Waals surface area contributed by atoms with E-state index in [1.165, 1.54) is 0 Å². The number of alkyl halides is 1. The molecule has 0 unspecified atom stereocenters. The Bertz CT molecular complexity index is 612. The summed E-state index contributed by atoms with van der Waals surface area (Å²) >= 11 is 9.44. The number of aryl methyl sites for hydroxylation is 1. The van der Waals surface area contributed by atoms with E-state index >= 15 is 0 Å². The fourth-order valence-corrected chi connectivity index (χ4v) is 2.71. The molecule has 2 rings (SSSR count). The first-order valence-electron chi connectivity index (χ1n) is 8.87. The summed E-state index contributed by atoms with van der Waals surface area (Å²) < 4.78 is 16.5. The number of methoxy groups -OCH3 is 1. The standard InChI is InChI=1S/C18H21ClO3.C3H7BrO/c1-14-11-16(22-13-15-7-4-3-5-8-15)12-17(19)18(14)21-10-6-9-20-2;4-2-1-3-5/h3-5,7-8,11-12H,6,9-10,13H2,1-2H3;5H,1-3H2. The van der Waals surface area contributed by atoms with E-state index in [2.05, 4.69) is 15.9 Å². The predicted molar refractivity (Wildman–Crippen MR) is 114 cm³/mol. The molecule has 0 bridgehead atoms. The average molecular weight is 460 g/mol. The molecule has 27 heavy (non-hydrogen) atoms. The van der Waals surface area contributed by atoms with E-state index in [4.69, 9.17) is 30.9 Å². The number of ether oxygens (including phenoxy) is 3. The summed E-state index contributed by atoms with van der Waals surface area (Å²) in [4.78, 5) is 0. The maximum absolute atomic E-state index is 8.04. The minimum absolute atomic E-state index is 0.297. The maximum atomic E-state index is 8.04. The van der Waals surface area contributed by atoms with Crippen LogP contribution in [0.1, 0.15) is 24.0 Å². The van der Waals surface area contributed by atoms with Gasteiger partial charge in [-0.1, -0.05) is 57.9 Å². The second kappa shape index (κ2) is 14.7. The normalized spacial score (nSPS) is 10.1. The van der Waals surface area contributed by atoms with Crippen LogP contribution >= 0.6 is 27.5 Å². The average Bonchev–Trinajstić information content (AvgIpc) is 2.67. The Morgan fingerprint density at radius 3 is 2.33 bits per heavy atom. The lowest BCUT2D eigenvalue weighted by Gasteiger charge is -2.13. The van der Waals surface area contributed by atoms with Crippen LogP contribution in [0.3, 0.4) is 0 Å². The van der Waals surface area contributed by atoms with E-state index in [1.807, 2.05) is 43.3 Å². The van der Waals surface area contributed by atoms with Crippen LogP contribution in [0.4, 0.5) is 0 Å². The highest BCUT2D eigenvalue weighted by Crippen LogP contribution is 2.33. The highest BCUT2D eigenvalue weighted by atomic mass is 79.9. The van der Waals surface area contributed by atoms with Crippen LogP contribution in [0.25, 0.3) is 0 Å². The fraction of sp³-hybridized carbons (Fsp3) is 0.429. The molecule has 0 heterocycles. The number of aliphatic hydroxyl groups is 1. The molecule has 4 nitrogen and oxygen atoms in total. The smallest absolute Gasteiger partial charge is 0.141 e. The Morgan fingerprint density at radius 1 is 1.04 bits per heavy atom. The zero-order valence-corrected chi connectivity index (χ0v) is 18.3. The van der Waals surface area contributed by atoms with Gasteiger partial charge in [-0.3, -0.25) is 0 Å². The van der Waals surface area contributed by atoms with Crippen molar-refractivity contribution < 1.29 is 19.3 Å². The van der Waals surface area contributed by atoms with Gasteiger partial charge in [-0.05, 0) is 30.5 Å². The third kappa shape index (κ3) is 10.0. The van der Waals surface area contributed by atoms with Gasteiger partial charge in [0.1, 0.15) is 18.1 Å². The molecule has 0 aromatic heterocycles. The van der Waals surface area contributed by atoms with Gasteiger partial charge in [0.05, 0.1) is 11.6 Å². The first-order valence-corrected chi connectivity index (χ1v) is 10.4. The summed E-state index contributed by atoms with van der Waals surface area (Å²) in [5.74, 6) is 1.46. The Kier molecular flexibility index (Phi) is 13.0. The molecule has 150 valence electrons. The molecule has 0 saturated heterocycles. The molecule has 0 atom stereocenters. The van der Waals surface area contributed by atoms with E-state index in [9.17, 15) is 0 Å². The number of hydrogen-bond acceptors (Lipinski definition) is 4. The summed E-state index contributed by atoms with van der Waals surface area (Å²) in [6.07, 6.45) is 1.69. The second-order valence-electron chi connectivity index (χ2n) is 5.79. The van der Waals surface area contributed by atoms with Crippen molar-refractivity contribution in [2.75, 3.05) is 32.3 Å². The highest BCUT2D eigenvalue weighted by molar-refractivity contribution is 9.09. The van der Waals surface area contributed by atoms with Crippen molar-refractivity contribution >= 4 is 27.5 Å². The molecule has 0 spiro atoms. The molecule has 0 fully saturated rings.